The van der Waals surface area contributed by atoms with Gasteiger partial charge in [-0.3, -0.25) is 0 Å². The minimum absolute atomic E-state index is 0.0191. The van der Waals surface area contributed by atoms with E-state index in [2.05, 4.69) is 11.9 Å². The molecule has 1 nitrogen and oxygen atoms in total. The van der Waals surface area contributed by atoms with Gasteiger partial charge in [-0.25, -0.2) is 0 Å². The van der Waals surface area contributed by atoms with Crippen molar-refractivity contribution in [1.82, 2.24) is 5.32 Å². The number of rotatable bonds is 9. The normalized spacial score (nSPS) is 24.8. The van der Waals surface area contributed by atoms with Crippen molar-refractivity contribution in [2.24, 2.45) is 11.8 Å². The van der Waals surface area contributed by atoms with E-state index in [0.717, 1.165) is 51.5 Å². The molecule has 1 N–H and O–H groups in total. The Morgan fingerprint density at radius 1 is 1.19 bits per heavy atom. The van der Waals surface area contributed by atoms with Crippen LogP contribution in [-0.4, -0.2) is 18.8 Å². The molecule has 4 heteroatoms. The zero-order valence-corrected chi connectivity index (χ0v) is 13.2. The fourth-order valence-electron chi connectivity index (χ4n) is 3.61. The van der Waals surface area contributed by atoms with Gasteiger partial charge >= 0.3 is 6.18 Å². The molecule has 3 unspecified atom stereocenters. The molecule has 21 heavy (non-hydrogen) atoms. The highest BCUT2D eigenvalue weighted by atomic mass is 19.4. The molecule has 1 saturated carbocycles. The summed E-state index contributed by atoms with van der Waals surface area (Å²) in [5.41, 5.74) is 0. The van der Waals surface area contributed by atoms with Crippen LogP contribution in [-0.2, 0) is 0 Å². The molecule has 0 radical (unpaired) electrons. The lowest BCUT2D eigenvalue weighted by Crippen LogP contribution is -2.45. The summed E-state index contributed by atoms with van der Waals surface area (Å²) < 4.78 is 39.7. The van der Waals surface area contributed by atoms with Crippen molar-refractivity contribution < 1.29 is 13.2 Å². The number of nitrogens with one attached hydrogen (secondary N) is 1. The largest absolute Gasteiger partial charge is 0.392 e. The highest BCUT2D eigenvalue weighted by molar-refractivity contribution is 4.88. The van der Waals surface area contributed by atoms with Gasteiger partial charge in [0.1, 0.15) is 0 Å². The number of alkyl halides is 3. The van der Waals surface area contributed by atoms with E-state index < -0.39 is 12.1 Å². The summed E-state index contributed by atoms with van der Waals surface area (Å²) in [6, 6.07) is 0.0191. The molecule has 1 fully saturated rings. The number of halogens is 3. The highest BCUT2D eigenvalue weighted by Gasteiger charge is 2.47. The molecule has 3 atom stereocenters. The Balaban J connectivity index is 2.56. The van der Waals surface area contributed by atoms with Gasteiger partial charge < -0.3 is 5.32 Å². The first-order valence-corrected chi connectivity index (χ1v) is 8.41. The Labute approximate surface area is 127 Å². The summed E-state index contributed by atoms with van der Waals surface area (Å²) in [6.07, 6.45) is 5.60. The van der Waals surface area contributed by atoms with Gasteiger partial charge in [0, 0.05) is 6.04 Å². The molecule has 1 rings (SSSR count). The maximum Gasteiger partial charge on any atom is 0.392 e. The van der Waals surface area contributed by atoms with E-state index in [1.807, 2.05) is 13.0 Å². The van der Waals surface area contributed by atoms with Gasteiger partial charge in [0.15, 0.2) is 0 Å². The Bertz CT molecular complexity index is 288. The molecule has 124 valence electrons. The van der Waals surface area contributed by atoms with E-state index in [1.165, 1.54) is 0 Å². The molecular weight excluding hydrogens is 275 g/mol. The molecule has 0 spiro atoms. The van der Waals surface area contributed by atoms with Gasteiger partial charge in [0.2, 0.25) is 0 Å². The monoisotopic (exact) mass is 305 g/mol. The van der Waals surface area contributed by atoms with E-state index in [4.69, 9.17) is 0 Å². The molecule has 0 saturated heterocycles. The SMILES string of the molecule is C=CCCCCCC(NCC)C1CCCCC1C(F)(F)F. The summed E-state index contributed by atoms with van der Waals surface area (Å²) in [7, 11) is 0. The van der Waals surface area contributed by atoms with Crippen LogP contribution in [0.5, 0.6) is 0 Å². The summed E-state index contributed by atoms with van der Waals surface area (Å²) in [6.45, 7) is 6.43. The number of allylic oxidation sites excluding steroid dienone is 1. The Hall–Kier alpha value is -0.510. The lowest BCUT2D eigenvalue weighted by atomic mass is 9.73. The second-order valence-corrected chi connectivity index (χ2v) is 6.19. The average Bonchev–Trinajstić information content (AvgIpc) is 2.45. The van der Waals surface area contributed by atoms with Crippen molar-refractivity contribution in [3.63, 3.8) is 0 Å². The molecule has 1 aliphatic rings. The molecular formula is C17H30F3N. The third-order valence-electron chi connectivity index (χ3n) is 4.65. The van der Waals surface area contributed by atoms with Gasteiger partial charge in [0.25, 0.3) is 0 Å². The van der Waals surface area contributed by atoms with Gasteiger partial charge in [-0.1, -0.05) is 38.7 Å². The van der Waals surface area contributed by atoms with Crippen molar-refractivity contribution in [2.75, 3.05) is 6.54 Å². The van der Waals surface area contributed by atoms with Crippen molar-refractivity contribution in [2.45, 2.75) is 76.9 Å². The first-order valence-electron chi connectivity index (χ1n) is 8.41. The Morgan fingerprint density at radius 2 is 1.90 bits per heavy atom. The van der Waals surface area contributed by atoms with Crippen LogP contribution in [0.4, 0.5) is 13.2 Å². The van der Waals surface area contributed by atoms with Gasteiger partial charge in [-0.2, -0.15) is 13.2 Å². The molecule has 0 bridgehead atoms. The highest BCUT2D eigenvalue weighted by Crippen LogP contribution is 2.43. The first kappa shape index (κ1) is 18.5. The Morgan fingerprint density at radius 3 is 2.52 bits per heavy atom. The van der Waals surface area contributed by atoms with Crippen molar-refractivity contribution in [3.05, 3.63) is 12.7 Å². The summed E-state index contributed by atoms with van der Waals surface area (Å²) in [4.78, 5) is 0. The van der Waals surface area contributed by atoms with Crippen LogP contribution in [0.2, 0.25) is 0 Å². The van der Waals surface area contributed by atoms with E-state index in [-0.39, 0.29) is 12.0 Å². The third kappa shape index (κ3) is 6.41. The molecule has 1 aliphatic carbocycles. The van der Waals surface area contributed by atoms with E-state index in [9.17, 15) is 13.2 Å². The fourth-order valence-corrected chi connectivity index (χ4v) is 3.61. The van der Waals surface area contributed by atoms with E-state index in [1.54, 1.807) is 0 Å². The smallest absolute Gasteiger partial charge is 0.314 e. The van der Waals surface area contributed by atoms with Crippen LogP contribution in [0, 0.1) is 11.8 Å². The lowest BCUT2D eigenvalue weighted by Gasteiger charge is -2.38. The molecule has 0 aromatic heterocycles. The maximum atomic E-state index is 13.2. The van der Waals surface area contributed by atoms with Gasteiger partial charge in [0.05, 0.1) is 5.92 Å². The van der Waals surface area contributed by atoms with Crippen LogP contribution < -0.4 is 5.32 Å². The summed E-state index contributed by atoms with van der Waals surface area (Å²) in [5.74, 6) is -1.35. The number of hydrogen-bond acceptors (Lipinski definition) is 1. The first-order chi connectivity index (χ1) is 10.0. The summed E-state index contributed by atoms with van der Waals surface area (Å²) >= 11 is 0. The lowest BCUT2D eigenvalue weighted by molar-refractivity contribution is -0.199. The molecule has 0 aromatic rings. The van der Waals surface area contributed by atoms with E-state index in [0.29, 0.717) is 12.8 Å². The second-order valence-electron chi connectivity index (χ2n) is 6.19. The quantitative estimate of drug-likeness (QED) is 0.440. The third-order valence-corrected chi connectivity index (χ3v) is 4.65. The molecule has 0 aliphatic heterocycles. The van der Waals surface area contributed by atoms with Crippen molar-refractivity contribution >= 4 is 0 Å². The Kier molecular flexibility index (Phi) is 8.38. The maximum absolute atomic E-state index is 13.2. The second kappa shape index (κ2) is 9.50. The zero-order valence-electron chi connectivity index (χ0n) is 13.2. The average molecular weight is 305 g/mol. The van der Waals surface area contributed by atoms with Crippen LogP contribution in [0.3, 0.4) is 0 Å². The van der Waals surface area contributed by atoms with E-state index >= 15 is 0 Å². The van der Waals surface area contributed by atoms with Gasteiger partial charge in [-0.15, -0.1) is 6.58 Å². The minimum atomic E-state index is -4.04. The van der Waals surface area contributed by atoms with Crippen molar-refractivity contribution in [1.29, 1.82) is 0 Å². The topological polar surface area (TPSA) is 12.0 Å². The predicted octanol–water partition coefficient (Wildman–Crippen LogP) is 5.47. The van der Waals surface area contributed by atoms with Crippen molar-refractivity contribution in [3.8, 4) is 0 Å². The molecule has 0 amide bonds. The fraction of sp³-hybridized carbons (Fsp3) is 0.882. The number of unbranched alkanes of at least 4 members (excludes halogenated alkanes) is 3. The van der Waals surface area contributed by atoms with Crippen LogP contribution in [0.15, 0.2) is 12.7 Å². The van der Waals surface area contributed by atoms with Gasteiger partial charge in [-0.05, 0) is 44.6 Å². The standard InChI is InChI=1S/C17H30F3N/c1-3-5-6-7-8-13-16(21-4-2)14-11-9-10-12-15(14)17(18,19)20/h3,14-16,21H,1,4-13H2,2H3. The zero-order chi connectivity index (χ0) is 15.7. The summed E-state index contributed by atoms with van der Waals surface area (Å²) in [5, 5.41) is 3.33. The van der Waals surface area contributed by atoms with Crippen LogP contribution in [0.1, 0.15) is 64.7 Å². The minimum Gasteiger partial charge on any atom is -0.314 e. The molecule has 0 heterocycles. The predicted molar refractivity (Wildman–Crippen MR) is 82.2 cm³/mol. The number of hydrogen-bond donors (Lipinski definition) is 1. The van der Waals surface area contributed by atoms with Crippen LogP contribution in [0.25, 0.3) is 0 Å². The molecule has 0 aromatic carbocycles. The van der Waals surface area contributed by atoms with Crippen LogP contribution >= 0.6 is 0 Å².